The first-order valence-corrected chi connectivity index (χ1v) is 15.3. The number of hydrogen-bond acceptors (Lipinski definition) is 5. The Balaban J connectivity index is 1.62. The molecule has 2 saturated carbocycles. The molecule has 33 heavy (non-hydrogen) atoms. The van der Waals surface area contributed by atoms with Gasteiger partial charge in [-0.3, -0.25) is 0 Å². The third-order valence-corrected chi connectivity index (χ3v) is 13.1. The van der Waals surface area contributed by atoms with Crippen LogP contribution in [0.2, 0.25) is 0 Å². The zero-order chi connectivity index (χ0) is 23.4. The molecule has 3 fully saturated rings. The Morgan fingerprint density at radius 3 is 2.18 bits per heavy atom. The predicted molar refractivity (Wildman–Crippen MR) is 141 cm³/mol. The lowest BCUT2D eigenvalue weighted by atomic mass is 9.82. The number of fused-ring (bicyclic) bond motifs is 1. The highest BCUT2D eigenvalue weighted by Crippen LogP contribution is 2.74. The van der Waals surface area contributed by atoms with E-state index in [1.807, 2.05) is 24.3 Å². The van der Waals surface area contributed by atoms with Crippen LogP contribution in [0.3, 0.4) is 0 Å². The highest BCUT2D eigenvalue weighted by Gasteiger charge is 2.64. The van der Waals surface area contributed by atoms with Gasteiger partial charge in [0.15, 0.2) is 0 Å². The van der Waals surface area contributed by atoms with Crippen LogP contribution in [0.5, 0.6) is 0 Å². The fourth-order valence-electron chi connectivity index (χ4n) is 6.65. The maximum Gasteiger partial charge on any atom is 0.409 e. The summed E-state index contributed by atoms with van der Waals surface area (Å²) in [6.45, 7) is 3.24. The Labute approximate surface area is 210 Å². The number of benzene rings is 1. The first-order valence-electron chi connectivity index (χ1n) is 12.6. The summed E-state index contributed by atoms with van der Waals surface area (Å²) < 4.78 is 17.5. The summed E-state index contributed by atoms with van der Waals surface area (Å²) >= 11 is 3.65. The van der Waals surface area contributed by atoms with Gasteiger partial charge in [-0.05, 0) is 56.1 Å². The molecule has 5 atom stereocenters. The van der Waals surface area contributed by atoms with Crippen molar-refractivity contribution in [1.82, 2.24) is 9.34 Å². The monoisotopic (exact) mass is 537 g/mol. The summed E-state index contributed by atoms with van der Waals surface area (Å²) in [4.78, 5) is 0. The Kier molecular flexibility index (Phi) is 9.34. The van der Waals surface area contributed by atoms with Crippen LogP contribution < -0.4 is 0 Å². The molecule has 0 spiro atoms. The average molecular weight is 538 g/mol. The summed E-state index contributed by atoms with van der Waals surface area (Å²) in [5.41, 5.74) is 1.41. The number of halogens is 1. The van der Waals surface area contributed by atoms with Gasteiger partial charge in [-0.15, -0.1) is 0 Å². The molecule has 2 radical (unpaired) electrons. The van der Waals surface area contributed by atoms with Gasteiger partial charge in [0, 0.05) is 18.7 Å². The molecule has 1 saturated heterocycles. The van der Waals surface area contributed by atoms with E-state index in [1.54, 1.807) is 14.2 Å². The topological polar surface area (TPSA) is 45.2 Å². The number of methoxy groups -OCH3 is 2. The Morgan fingerprint density at radius 2 is 1.61 bits per heavy atom. The van der Waals surface area contributed by atoms with Crippen molar-refractivity contribution in [3.05, 3.63) is 34.3 Å². The minimum atomic E-state index is -2.08. The van der Waals surface area contributed by atoms with Crippen LogP contribution in [-0.4, -0.2) is 80.3 Å². The minimum absolute atomic E-state index is 0.235. The number of hydrogen-bond donors (Lipinski definition) is 1. The van der Waals surface area contributed by atoms with E-state index in [1.165, 1.54) is 25.7 Å². The first kappa shape index (κ1) is 26.1. The van der Waals surface area contributed by atoms with E-state index in [9.17, 15) is 5.11 Å². The molecule has 1 aromatic rings. The van der Waals surface area contributed by atoms with E-state index >= 15 is 0 Å². The van der Waals surface area contributed by atoms with E-state index in [0.717, 1.165) is 62.0 Å². The molecule has 182 valence electrons. The lowest BCUT2D eigenvalue weighted by Crippen LogP contribution is -2.41. The lowest BCUT2D eigenvalue weighted by Gasteiger charge is -2.44. The SMILES string of the molecule is [B][P+]1(C2CCC[C@H]([C@@H](O)c3ccccc3Br)C2)N(CCOC)[C@@H]2CCCC[C@H]2N1CCOC. The standard InChI is InChI=1S/C25H40BBrN2O3P/c1-31-16-14-28-23-12-5-6-13-24(23)29(15-17-32-2)33(28,26)20-9-7-8-19(18-20)25(30)21-10-3-4-11-22(21)27/h3-4,10-11,19-20,23-25,30H,5-9,12-18H2,1-2H3/q+1/t19-,20?,23+,24+,25+/m0/s1. The van der Waals surface area contributed by atoms with E-state index in [2.05, 4.69) is 25.3 Å². The fourth-order valence-corrected chi connectivity index (χ4v) is 11.7. The van der Waals surface area contributed by atoms with Gasteiger partial charge >= 0.3 is 7.57 Å². The molecule has 0 aromatic heterocycles. The summed E-state index contributed by atoms with van der Waals surface area (Å²) in [6.07, 6.45) is 8.89. The summed E-state index contributed by atoms with van der Waals surface area (Å²) in [7, 11) is 9.16. The fraction of sp³-hybridized carbons (Fsp3) is 0.760. The molecule has 1 heterocycles. The number of ether oxygens (including phenoxy) is 2. The van der Waals surface area contributed by atoms with E-state index < -0.39 is 13.5 Å². The maximum absolute atomic E-state index is 11.4. The van der Waals surface area contributed by atoms with Crippen LogP contribution in [0.25, 0.3) is 0 Å². The van der Waals surface area contributed by atoms with Crippen molar-refractivity contribution in [2.75, 3.05) is 40.5 Å². The van der Waals surface area contributed by atoms with Gasteiger partial charge in [0.25, 0.3) is 0 Å². The molecular formula is C25H40BBrN2O3P+. The van der Waals surface area contributed by atoms with Crippen molar-refractivity contribution in [2.24, 2.45) is 5.92 Å². The van der Waals surface area contributed by atoms with Crippen LogP contribution in [0.4, 0.5) is 0 Å². The predicted octanol–water partition coefficient (Wildman–Crippen LogP) is 5.19. The molecule has 2 aliphatic carbocycles. The van der Waals surface area contributed by atoms with Crippen LogP contribution >= 0.6 is 23.4 Å². The van der Waals surface area contributed by atoms with Crippen LogP contribution in [0.15, 0.2) is 28.7 Å². The van der Waals surface area contributed by atoms with Gasteiger partial charge in [0.1, 0.15) is 7.44 Å². The number of nitrogens with zero attached hydrogens (tertiary/aromatic N) is 2. The van der Waals surface area contributed by atoms with Gasteiger partial charge in [0.2, 0.25) is 0 Å². The number of aliphatic hydroxyl groups excluding tert-OH is 1. The van der Waals surface area contributed by atoms with Crippen LogP contribution in [0, 0.1) is 5.92 Å². The smallest absolute Gasteiger partial charge is 0.388 e. The quantitative estimate of drug-likeness (QED) is 0.347. The third-order valence-electron chi connectivity index (χ3n) is 8.23. The van der Waals surface area contributed by atoms with Gasteiger partial charge in [-0.25, -0.2) is 0 Å². The zero-order valence-electron chi connectivity index (χ0n) is 20.2. The average Bonchev–Trinajstić information content (AvgIpc) is 3.09. The second-order valence-electron chi connectivity index (χ2n) is 9.98. The first-order chi connectivity index (χ1) is 16.0. The molecule has 1 N–H and O–H groups in total. The van der Waals surface area contributed by atoms with E-state index in [0.29, 0.717) is 17.7 Å². The molecule has 0 bridgehead atoms. The molecule has 3 aliphatic rings. The van der Waals surface area contributed by atoms with Crippen molar-refractivity contribution in [1.29, 1.82) is 0 Å². The van der Waals surface area contributed by atoms with Crippen LogP contribution in [0.1, 0.15) is 63.0 Å². The second kappa shape index (κ2) is 11.8. The minimum Gasteiger partial charge on any atom is -0.388 e. The van der Waals surface area contributed by atoms with Crippen molar-refractivity contribution >= 4 is 30.9 Å². The molecule has 4 rings (SSSR count). The van der Waals surface area contributed by atoms with Crippen molar-refractivity contribution in [2.45, 2.75) is 75.2 Å². The van der Waals surface area contributed by atoms with E-state index in [-0.39, 0.29) is 5.92 Å². The second-order valence-corrected chi connectivity index (χ2v) is 14.0. The normalized spacial score (nSPS) is 31.4. The summed E-state index contributed by atoms with van der Waals surface area (Å²) in [5.74, 6) is 0.235. The lowest BCUT2D eigenvalue weighted by molar-refractivity contribution is 0.0842. The van der Waals surface area contributed by atoms with Gasteiger partial charge < -0.3 is 14.6 Å². The molecule has 0 amide bonds. The molecule has 1 aromatic carbocycles. The molecule has 1 unspecified atom stereocenters. The highest BCUT2D eigenvalue weighted by molar-refractivity contribution is 9.10. The molecule has 1 aliphatic heterocycles. The molecule has 5 nitrogen and oxygen atoms in total. The van der Waals surface area contributed by atoms with Gasteiger partial charge in [-0.2, -0.15) is 9.34 Å². The Bertz CT molecular complexity index is 751. The summed E-state index contributed by atoms with van der Waals surface area (Å²) in [6, 6.07) is 9.14. The third kappa shape index (κ3) is 5.26. The highest BCUT2D eigenvalue weighted by atomic mass is 79.9. The maximum atomic E-state index is 11.4. The van der Waals surface area contributed by atoms with Crippen molar-refractivity contribution in [3.8, 4) is 0 Å². The van der Waals surface area contributed by atoms with Gasteiger partial charge in [0.05, 0.1) is 50.1 Å². The zero-order valence-corrected chi connectivity index (χ0v) is 22.7. The molecular weight excluding hydrogens is 498 g/mol. The van der Waals surface area contributed by atoms with Crippen molar-refractivity contribution < 1.29 is 14.6 Å². The number of rotatable bonds is 9. The Hall–Kier alpha value is -0.00506. The van der Waals surface area contributed by atoms with Gasteiger partial charge in [-0.1, -0.05) is 47.0 Å². The van der Waals surface area contributed by atoms with Crippen molar-refractivity contribution in [3.63, 3.8) is 0 Å². The Morgan fingerprint density at radius 1 is 1.00 bits per heavy atom. The number of aliphatic hydroxyl groups is 1. The summed E-state index contributed by atoms with van der Waals surface area (Å²) in [5, 5.41) is 11.4. The molecule has 8 heteroatoms. The van der Waals surface area contributed by atoms with Crippen LogP contribution in [-0.2, 0) is 9.47 Å². The van der Waals surface area contributed by atoms with E-state index in [4.69, 9.17) is 17.0 Å². The largest absolute Gasteiger partial charge is 0.409 e.